The van der Waals surface area contributed by atoms with Crippen LogP contribution in [0.25, 0.3) is 0 Å². The molecule has 0 fully saturated rings. The van der Waals surface area contributed by atoms with Crippen LogP contribution in [-0.4, -0.2) is 25.2 Å². The van der Waals surface area contributed by atoms with Gasteiger partial charge in [0.2, 0.25) is 15.9 Å². The van der Waals surface area contributed by atoms with E-state index in [-0.39, 0.29) is 24.5 Å². The van der Waals surface area contributed by atoms with Crippen LogP contribution in [-0.2, 0) is 27.9 Å². The molecule has 0 aliphatic rings. The van der Waals surface area contributed by atoms with Crippen molar-refractivity contribution in [2.45, 2.75) is 18.0 Å². The zero-order chi connectivity index (χ0) is 19.1. The Morgan fingerprint density at radius 1 is 0.926 bits per heavy atom. The molecule has 0 aliphatic carbocycles. The summed E-state index contributed by atoms with van der Waals surface area (Å²) in [6.45, 7) is 0.0233. The van der Waals surface area contributed by atoms with Gasteiger partial charge in [0, 0.05) is 6.54 Å². The molecule has 1 amide bonds. The molecule has 0 bridgehead atoms. The lowest BCUT2D eigenvalue weighted by Gasteiger charge is -2.22. The second-order valence-corrected chi connectivity index (χ2v) is 7.87. The van der Waals surface area contributed by atoms with Crippen molar-refractivity contribution in [1.29, 1.82) is 0 Å². The van der Waals surface area contributed by atoms with Gasteiger partial charge >= 0.3 is 0 Å². The number of amides is 1. The summed E-state index contributed by atoms with van der Waals surface area (Å²) in [4.78, 5) is 12.5. The number of nitrogens with one attached hydrogen (secondary N) is 1. The Bertz CT molecular complexity index is 956. The molecule has 3 rings (SSSR count). The molecule has 0 aliphatic heterocycles. The van der Waals surface area contributed by atoms with Gasteiger partial charge in [-0.3, -0.25) is 4.79 Å². The van der Waals surface area contributed by atoms with E-state index in [1.165, 1.54) is 22.7 Å². The Morgan fingerprint density at radius 3 is 2.22 bits per heavy atom. The molecule has 0 spiro atoms. The zero-order valence-corrected chi connectivity index (χ0v) is 15.4. The number of nitrogens with zero attached hydrogens (tertiary/aromatic N) is 1. The van der Waals surface area contributed by atoms with E-state index in [0.29, 0.717) is 5.76 Å². The van der Waals surface area contributed by atoms with Crippen molar-refractivity contribution in [3.8, 4) is 0 Å². The number of carbonyl (C=O) groups is 1. The topological polar surface area (TPSA) is 79.6 Å². The molecular formula is C20H20N2O4S. The Morgan fingerprint density at radius 2 is 1.59 bits per heavy atom. The van der Waals surface area contributed by atoms with Gasteiger partial charge < -0.3 is 9.73 Å². The lowest BCUT2D eigenvalue weighted by atomic mass is 10.2. The summed E-state index contributed by atoms with van der Waals surface area (Å²) in [6.07, 6.45) is 1.52. The molecule has 1 N–H and O–H groups in total. The molecule has 27 heavy (non-hydrogen) atoms. The smallest absolute Gasteiger partial charge is 0.243 e. The maximum atomic E-state index is 13.0. The van der Waals surface area contributed by atoms with Crippen molar-refractivity contribution in [2.75, 3.05) is 6.54 Å². The van der Waals surface area contributed by atoms with E-state index in [9.17, 15) is 13.2 Å². The molecule has 7 heteroatoms. The third-order valence-corrected chi connectivity index (χ3v) is 5.75. The Labute approximate surface area is 158 Å². The normalized spacial score (nSPS) is 11.4. The molecule has 0 saturated heterocycles. The summed E-state index contributed by atoms with van der Waals surface area (Å²) in [5, 5.41) is 2.69. The molecule has 1 aromatic heterocycles. The van der Waals surface area contributed by atoms with Crippen molar-refractivity contribution < 1.29 is 17.6 Å². The van der Waals surface area contributed by atoms with Gasteiger partial charge in [-0.25, -0.2) is 8.42 Å². The Kier molecular flexibility index (Phi) is 6.05. The standard InChI is InChI=1S/C20H20N2O4S/c23-20(21-14-18-10-7-13-26-18)16-22(15-17-8-3-1-4-9-17)27(24,25)19-11-5-2-6-12-19/h1-13H,14-16H2,(H,21,23). The predicted octanol–water partition coefficient (Wildman–Crippen LogP) is 2.79. The van der Waals surface area contributed by atoms with Gasteiger partial charge in [0.15, 0.2) is 0 Å². The molecule has 3 aromatic rings. The number of hydrogen-bond donors (Lipinski definition) is 1. The van der Waals surface area contributed by atoms with Gasteiger partial charge in [-0.1, -0.05) is 48.5 Å². The first-order valence-corrected chi connectivity index (χ1v) is 9.88. The average molecular weight is 384 g/mol. The third kappa shape index (κ3) is 5.06. The van der Waals surface area contributed by atoms with Crippen LogP contribution in [0.3, 0.4) is 0 Å². The molecule has 1 heterocycles. The molecule has 2 aromatic carbocycles. The fraction of sp³-hybridized carbons (Fsp3) is 0.150. The highest BCUT2D eigenvalue weighted by Crippen LogP contribution is 2.18. The van der Waals surface area contributed by atoms with Crippen LogP contribution in [0.4, 0.5) is 0 Å². The van der Waals surface area contributed by atoms with Crippen molar-refractivity contribution in [2.24, 2.45) is 0 Å². The second kappa shape index (κ2) is 8.66. The molecule has 140 valence electrons. The highest BCUT2D eigenvalue weighted by atomic mass is 32.2. The SMILES string of the molecule is O=C(CN(Cc1ccccc1)S(=O)(=O)c1ccccc1)NCc1ccco1. The first-order chi connectivity index (χ1) is 13.1. The highest BCUT2D eigenvalue weighted by molar-refractivity contribution is 7.89. The van der Waals surface area contributed by atoms with Crippen molar-refractivity contribution in [1.82, 2.24) is 9.62 Å². The van der Waals surface area contributed by atoms with Crippen molar-refractivity contribution in [3.05, 3.63) is 90.4 Å². The highest BCUT2D eigenvalue weighted by Gasteiger charge is 2.26. The minimum absolute atomic E-state index is 0.103. The van der Waals surface area contributed by atoms with Crippen molar-refractivity contribution in [3.63, 3.8) is 0 Å². The summed E-state index contributed by atoms with van der Waals surface area (Å²) < 4.78 is 32.4. The van der Waals surface area contributed by atoms with Gasteiger partial charge in [0.05, 0.1) is 24.2 Å². The van der Waals surface area contributed by atoms with Gasteiger partial charge in [0.25, 0.3) is 0 Å². The Balaban J connectivity index is 1.78. The largest absolute Gasteiger partial charge is 0.467 e. The number of furan rings is 1. The van der Waals surface area contributed by atoms with E-state index < -0.39 is 15.9 Å². The average Bonchev–Trinajstić information content (AvgIpc) is 3.21. The van der Waals surface area contributed by atoms with E-state index in [0.717, 1.165) is 5.56 Å². The van der Waals surface area contributed by atoms with E-state index >= 15 is 0 Å². The van der Waals surface area contributed by atoms with E-state index in [1.807, 2.05) is 30.3 Å². The van der Waals surface area contributed by atoms with Crippen LogP contribution >= 0.6 is 0 Å². The monoisotopic (exact) mass is 384 g/mol. The second-order valence-electron chi connectivity index (χ2n) is 5.93. The van der Waals surface area contributed by atoms with Crippen LogP contribution in [0.5, 0.6) is 0 Å². The number of carbonyl (C=O) groups excluding carboxylic acids is 1. The zero-order valence-electron chi connectivity index (χ0n) is 14.6. The number of benzene rings is 2. The molecule has 0 atom stereocenters. The van der Waals surface area contributed by atoms with E-state index in [4.69, 9.17) is 4.42 Å². The molecule has 6 nitrogen and oxygen atoms in total. The van der Waals surface area contributed by atoms with Crippen LogP contribution in [0, 0.1) is 0 Å². The van der Waals surface area contributed by atoms with Gasteiger partial charge in [-0.2, -0.15) is 4.31 Å². The lowest BCUT2D eigenvalue weighted by molar-refractivity contribution is -0.121. The minimum Gasteiger partial charge on any atom is -0.467 e. The summed E-state index contributed by atoms with van der Waals surface area (Å²) in [5.74, 6) is 0.200. The summed E-state index contributed by atoms with van der Waals surface area (Å²) in [6, 6.07) is 20.7. The first kappa shape index (κ1) is 18.9. The summed E-state index contributed by atoms with van der Waals surface area (Å²) in [7, 11) is -3.82. The lowest BCUT2D eigenvalue weighted by Crippen LogP contribution is -2.40. The predicted molar refractivity (Wildman–Crippen MR) is 101 cm³/mol. The van der Waals surface area contributed by atoms with Gasteiger partial charge in [-0.05, 0) is 29.8 Å². The van der Waals surface area contributed by atoms with Crippen LogP contribution in [0.2, 0.25) is 0 Å². The number of hydrogen-bond acceptors (Lipinski definition) is 4. The van der Waals surface area contributed by atoms with Gasteiger partial charge in [-0.15, -0.1) is 0 Å². The Hall–Kier alpha value is -2.90. The minimum atomic E-state index is -3.82. The van der Waals surface area contributed by atoms with E-state index in [2.05, 4.69) is 5.32 Å². The summed E-state index contributed by atoms with van der Waals surface area (Å²) >= 11 is 0. The number of rotatable bonds is 8. The van der Waals surface area contributed by atoms with Crippen LogP contribution in [0.15, 0.2) is 88.4 Å². The quantitative estimate of drug-likeness (QED) is 0.648. The fourth-order valence-corrected chi connectivity index (χ4v) is 3.97. The molecule has 0 saturated carbocycles. The maximum absolute atomic E-state index is 13.0. The van der Waals surface area contributed by atoms with Gasteiger partial charge in [0.1, 0.15) is 5.76 Å². The molecule has 0 unspecified atom stereocenters. The van der Waals surface area contributed by atoms with Crippen molar-refractivity contribution >= 4 is 15.9 Å². The molecule has 0 radical (unpaired) electrons. The third-order valence-electron chi connectivity index (χ3n) is 3.94. The number of sulfonamides is 1. The fourth-order valence-electron chi connectivity index (χ4n) is 2.57. The maximum Gasteiger partial charge on any atom is 0.243 e. The molecular weight excluding hydrogens is 364 g/mol. The summed E-state index contributed by atoms with van der Waals surface area (Å²) in [5.41, 5.74) is 0.802. The van der Waals surface area contributed by atoms with Crippen LogP contribution in [0.1, 0.15) is 11.3 Å². The van der Waals surface area contributed by atoms with Crippen LogP contribution < -0.4 is 5.32 Å². The van der Waals surface area contributed by atoms with E-state index in [1.54, 1.807) is 30.3 Å². The first-order valence-electron chi connectivity index (χ1n) is 8.44.